The molecule has 9 heteroatoms. The van der Waals surface area contributed by atoms with Crippen LogP contribution in [-0.4, -0.2) is 33.8 Å². The van der Waals surface area contributed by atoms with Gasteiger partial charge in [-0.3, -0.25) is 14.8 Å². The quantitative estimate of drug-likeness (QED) is 0.429. The highest BCUT2D eigenvalue weighted by atomic mass is 19.1. The summed E-state index contributed by atoms with van der Waals surface area (Å²) in [7, 11) is 0. The third-order valence-corrected chi connectivity index (χ3v) is 5.31. The summed E-state index contributed by atoms with van der Waals surface area (Å²) >= 11 is 0. The number of Topliss-reactive ketones (excluding diaryl/α,β-unsaturated/α-hetero) is 1. The lowest BCUT2D eigenvalue weighted by Gasteiger charge is -2.30. The van der Waals surface area contributed by atoms with E-state index in [9.17, 15) is 22.4 Å². The number of benzene rings is 1. The average Bonchev–Trinajstić information content (AvgIpc) is 2.75. The monoisotopic (exact) mass is 442 g/mol. The Hall–Kier alpha value is -3.62. The summed E-state index contributed by atoms with van der Waals surface area (Å²) in [5.74, 6) is -4.03. The number of ketones is 1. The van der Waals surface area contributed by atoms with E-state index >= 15 is 0 Å². The van der Waals surface area contributed by atoms with E-state index in [2.05, 4.69) is 15.0 Å². The predicted molar refractivity (Wildman–Crippen MR) is 110 cm³/mol. The van der Waals surface area contributed by atoms with Crippen LogP contribution in [0.4, 0.5) is 23.4 Å². The van der Waals surface area contributed by atoms with Crippen LogP contribution in [0.25, 0.3) is 5.57 Å². The highest BCUT2D eigenvalue weighted by Gasteiger charge is 2.23. The number of rotatable bonds is 5. The Morgan fingerprint density at radius 3 is 2.41 bits per heavy atom. The Bertz CT molecular complexity index is 1190. The van der Waals surface area contributed by atoms with Gasteiger partial charge < -0.3 is 4.90 Å². The number of carbonyl (C=O) groups is 1. The largest absolute Gasteiger partial charge is 0.349 e. The zero-order valence-electron chi connectivity index (χ0n) is 17.1. The first kappa shape index (κ1) is 21.6. The Morgan fingerprint density at radius 1 is 1.00 bits per heavy atom. The van der Waals surface area contributed by atoms with E-state index in [0.717, 1.165) is 35.5 Å². The molecule has 0 bridgehead atoms. The van der Waals surface area contributed by atoms with Crippen molar-refractivity contribution in [2.75, 3.05) is 18.0 Å². The Balaban J connectivity index is 1.52. The highest BCUT2D eigenvalue weighted by Crippen LogP contribution is 2.29. The maximum atomic E-state index is 14.2. The molecule has 0 saturated heterocycles. The molecule has 5 nitrogen and oxygen atoms in total. The zero-order chi connectivity index (χ0) is 22.8. The van der Waals surface area contributed by atoms with Crippen LogP contribution in [-0.2, 0) is 6.42 Å². The van der Waals surface area contributed by atoms with E-state index in [-0.39, 0.29) is 17.9 Å². The molecule has 3 heterocycles. The van der Waals surface area contributed by atoms with E-state index in [4.69, 9.17) is 0 Å². The van der Waals surface area contributed by atoms with Crippen molar-refractivity contribution in [3.63, 3.8) is 0 Å². The van der Waals surface area contributed by atoms with Crippen LogP contribution in [0.5, 0.6) is 0 Å². The molecule has 32 heavy (non-hydrogen) atoms. The highest BCUT2D eigenvalue weighted by molar-refractivity contribution is 5.97. The lowest BCUT2D eigenvalue weighted by molar-refractivity contribution is 0.0983. The van der Waals surface area contributed by atoms with Crippen molar-refractivity contribution in [1.82, 2.24) is 15.0 Å². The van der Waals surface area contributed by atoms with Crippen LogP contribution >= 0.6 is 0 Å². The fraction of sp³-hybridized carbons (Fsp3) is 0.217. The van der Waals surface area contributed by atoms with Crippen molar-refractivity contribution >= 4 is 17.2 Å². The zero-order valence-corrected chi connectivity index (χ0v) is 17.1. The van der Waals surface area contributed by atoms with E-state index in [1.807, 2.05) is 6.92 Å². The van der Waals surface area contributed by atoms with Crippen LogP contribution in [0.2, 0.25) is 0 Å². The Morgan fingerprint density at radius 2 is 1.75 bits per heavy atom. The molecular formula is C23H18F4N4O. The third-order valence-electron chi connectivity index (χ3n) is 5.31. The Kier molecular flexibility index (Phi) is 5.98. The van der Waals surface area contributed by atoms with Crippen molar-refractivity contribution in [2.24, 2.45) is 0 Å². The summed E-state index contributed by atoms with van der Waals surface area (Å²) in [6.07, 6.45) is 4.13. The maximum absolute atomic E-state index is 14.2. The molecule has 0 aliphatic carbocycles. The van der Waals surface area contributed by atoms with Gasteiger partial charge in [0.15, 0.2) is 17.4 Å². The van der Waals surface area contributed by atoms with Crippen molar-refractivity contribution < 1.29 is 22.4 Å². The summed E-state index contributed by atoms with van der Waals surface area (Å²) in [6, 6.07) is 4.02. The van der Waals surface area contributed by atoms with Gasteiger partial charge in [-0.1, -0.05) is 11.6 Å². The van der Waals surface area contributed by atoms with Gasteiger partial charge in [0.25, 0.3) is 0 Å². The number of hydrogen-bond acceptors (Lipinski definition) is 5. The van der Waals surface area contributed by atoms with E-state index < -0.39 is 34.6 Å². The minimum atomic E-state index is -0.927. The Labute approximate surface area is 181 Å². The molecule has 0 fully saturated rings. The van der Waals surface area contributed by atoms with Crippen LogP contribution in [0.3, 0.4) is 0 Å². The first-order valence-electron chi connectivity index (χ1n) is 9.86. The summed E-state index contributed by atoms with van der Waals surface area (Å²) in [5.41, 5.74) is 2.04. The molecular weight excluding hydrogens is 424 g/mol. The van der Waals surface area contributed by atoms with Gasteiger partial charge in [0, 0.05) is 25.4 Å². The lowest BCUT2D eigenvalue weighted by atomic mass is 9.99. The van der Waals surface area contributed by atoms with E-state index in [0.29, 0.717) is 25.2 Å². The average molecular weight is 442 g/mol. The van der Waals surface area contributed by atoms with Gasteiger partial charge >= 0.3 is 0 Å². The van der Waals surface area contributed by atoms with Gasteiger partial charge in [-0.25, -0.2) is 22.5 Å². The summed E-state index contributed by atoms with van der Waals surface area (Å²) in [5, 5.41) is 0. The van der Waals surface area contributed by atoms with Crippen LogP contribution in [0.1, 0.15) is 35.1 Å². The number of anilines is 1. The molecule has 0 unspecified atom stereocenters. The first-order chi connectivity index (χ1) is 15.3. The third kappa shape index (κ3) is 4.37. The minimum Gasteiger partial charge on any atom is -0.349 e. The fourth-order valence-electron chi connectivity index (χ4n) is 3.60. The SMILES string of the molecule is CC1=C(c2cnc(CC(=O)c3c(F)cccc3F)cn2)CN(c2ncc(F)cc2F)CC1. The van der Waals surface area contributed by atoms with Gasteiger partial charge in [-0.15, -0.1) is 0 Å². The first-order valence-corrected chi connectivity index (χ1v) is 9.86. The van der Waals surface area contributed by atoms with Gasteiger partial charge in [0.2, 0.25) is 0 Å². The topological polar surface area (TPSA) is 59.0 Å². The predicted octanol–water partition coefficient (Wildman–Crippen LogP) is 4.54. The van der Waals surface area contributed by atoms with Gasteiger partial charge in [-0.05, 0) is 31.1 Å². The van der Waals surface area contributed by atoms with E-state index in [1.165, 1.54) is 18.5 Å². The van der Waals surface area contributed by atoms with Crippen molar-refractivity contribution in [1.29, 1.82) is 0 Å². The number of carbonyl (C=O) groups excluding carboxylic acids is 1. The molecule has 1 aromatic carbocycles. The molecule has 0 radical (unpaired) electrons. The molecule has 0 saturated carbocycles. The summed E-state index contributed by atoms with van der Waals surface area (Å²) in [4.78, 5) is 26.4. The lowest BCUT2D eigenvalue weighted by Crippen LogP contribution is -2.32. The molecule has 0 amide bonds. The number of pyridine rings is 1. The standard InChI is InChI=1S/C23H18F4N4O/c1-13-5-6-31(23-19(27)7-14(24)9-30-23)12-16(13)20-11-28-15(10-29-20)8-21(32)22-17(25)3-2-4-18(22)26/h2-4,7,9-11H,5-6,8,12H2,1H3. The van der Waals surface area contributed by atoms with Gasteiger partial charge in [-0.2, -0.15) is 0 Å². The molecule has 1 aliphatic rings. The number of nitrogens with zero attached hydrogens (tertiary/aromatic N) is 4. The number of aromatic nitrogens is 3. The van der Waals surface area contributed by atoms with E-state index in [1.54, 1.807) is 4.90 Å². The minimum absolute atomic E-state index is 0.0542. The smallest absolute Gasteiger partial charge is 0.174 e. The normalized spacial score (nSPS) is 14.1. The molecule has 3 aromatic rings. The molecule has 164 valence electrons. The molecule has 0 spiro atoms. The van der Waals surface area contributed by atoms with Crippen LogP contribution < -0.4 is 4.90 Å². The van der Waals surface area contributed by atoms with Gasteiger partial charge in [0.05, 0.1) is 35.8 Å². The maximum Gasteiger partial charge on any atom is 0.174 e. The van der Waals surface area contributed by atoms with Gasteiger partial charge in [0.1, 0.15) is 17.5 Å². The molecule has 0 atom stereocenters. The van der Waals surface area contributed by atoms with Crippen LogP contribution in [0, 0.1) is 23.3 Å². The van der Waals surface area contributed by atoms with Crippen molar-refractivity contribution in [3.8, 4) is 0 Å². The summed E-state index contributed by atoms with van der Waals surface area (Å²) < 4.78 is 55.0. The number of hydrogen-bond donors (Lipinski definition) is 0. The fourth-order valence-corrected chi connectivity index (χ4v) is 3.60. The molecule has 0 N–H and O–H groups in total. The molecule has 2 aromatic heterocycles. The van der Waals surface area contributed by atoms with Crippen molar-refractivity contribution in [2.45, 2.75) is 19.8 Å². The second-order valence-electron chi connectivity index (χ2n) is 7.48. The van der Waals surface area contributed by atoms with Crippen molar-refractivity contribution in [3.05, 3.63) is 88.6 Å². The molecule has 1 aliphatic heterocycles. The molecule has 4 rings (SSSR count). The second-order valence-corrected chi connectivity index (χ2v) is 7.48. The summed E-state index contributed by atoms with van der Waals surface area (Å²) in [6.45, 7) is 2.75. The van der Waals surface area contributed by atoms with Crippen LogP contribution in [0.15, 0.2) is 48.4 Å². The second kappa shape index (κ2) is 8.86. The number of halogens is 4.